The Morgan fingerprint density at radius 1 is 1.30 bits per heavy atom. The minimum absolute atomic E-state index is 0.00931. The summed E-state index contributed by atoms with van der Waals surface area (Å²) >= 11 is 0. The van der Waals surface area contributed by atoms with Gasteiger partial charge in [0, 0.05) is 31.4 Å². The van der Waals surface area contributed by atoms with Crippen molar-refractivity contribution >= 4 is 11.6 Å². The van der Waals surface area contributed by atoms with Gasteiger partial charge in [0.15, 0.2) is 0 Å². The number of hydrogen-bond donors (Lipinski definition) is 1. The molecule has 0 heterocycles. The van der Waals surface area contributed by atoms with E-state index in [1.165, 1.54) is 17.0 Å². The maximum absolute atomic E-state index is 13.0. The van der Waals surface area contributed by atoms with E-state index in [1.54, 1.807) is 14.0 Å². The highest BCUT2D eigenvalue weighted by Crippen LogP contribution is 2.35. The highest BCUT2D eigenvalue weighted by molar-refractivity contribution is 5.94. The number of alkyl halides is 3. The summed E-state index contributed by atoms with van der Waals surface area (Å²) in [5, 5.41) is 2.73. The summed E-state index contributed by atoms with van der Waals surface area (Å²) < 4.78 is 39.1. The highest BCUT2D eigenvalue weighted by Gasteiger charge is 2.34. The van der Waals surface area contributed by atoms with Crippen LogP contribution in [0, 0.1) is 0 Å². The quantitative estimate of drug-likeness (QED) is 0.897. The SMILES string of the molecule is CCCNc1ccc(C(=O)N(C)CC)cc1C(F)(F)F. The van der Waals surface area contributed by atoms with Crippen LogP contribution in [0.15, 0.2) is 18.2 Å². The van der Waals surface area contributed by atoms with Gasteiger partial charge in [-0.3, -0.25) is 4.79 Å². The third-order valence-corrected chi connectivity index (χ3v) is 2.96. The number of benzene rings is 1. The molecule has 6 heteroatoms. The average Bonchev–Trinajstić information content (AvgIpc) is 2.42. The maximum Gasteiger partial charge on any atom is 0.418 e. The second kappa shape index (κ2) is 6.63. The Kier molecular flexibility index (Phi) is 5.42. The lowest BCUT2D eigenvalue weighted by molar-refractivity contribution is -0.137. The Morgan fingerprint density at radius 2 is 1.95 bits per heavy atom. The van der Waals surface area contributed by atoms with E-state index in [9.17, 15) is 18.0 Å². The Morgan fingerprint density at radius 3 is 2.45 bits per heavy atom. The van der Waals surface area contributed by atoms with Crippen LogP contribution in [0.5, 0.6) is 0 Å². The van der Waals surface area contributed by atoms with Crippen molar-refractivity contribution in [1.29, 1.82) is 0 Å². The first kappa shape index (κ1) is 16.3. The molecular formula is C14H19F3N2O. The Balaban J connectivity index is 3.17. The molecule has 0 aliphatic rings. The van der Waals surface area contributed by atoms with Crippen molar-refractivity contribution in [2.24, 2.45) is 0 Å². The van der Waals surface area contributed by atoms with Crippen LogP contribution in [-0.2, 0) is 6.18 Å². The zero-order chi connectivity index (χ0) is 15.3. The number of carbonyl (C=O) groups is 1. The number of rotatable bonds is 5. The predicted octanol–water partition coefficient (Wildman–Crippen LogP) is 3.62. The number of anilines is 1. The third kappa shape index (κ3) is 3.88. The molecule has 0 aliphatic heterocycles. The first-order valence-electron chi connectivity index (χ1n) is 6.51. The molecule has 1 aromatic rings. The van der Waals surface area contributed by atoms with E-state index >= 15 is 0 Å². The highest BCUT2D eigenvalue weighted by atomic mass is 19.4. The van der Waals surface area contributed by atoms with Gasteiger partial charge in [0.05, 0.1) is 5.56 Å². The first-order valence-corrected chi connectivity index (χ1v) is 6.51. The smallest absolute Gasteiger partial charge is 0.385 e. The van der Waals surface area contributed by atoms with Crippen molar-refractivity contribution < 1.29 is 18.0 Å². The summed E-state index contributed by atoms with van der Waals surface area (Å²) in [6.07, 6.45) is -3.77. The molecule has 0 bridgehead atoms. The van der Waals surface area contributed by atoms with Crippen molar-refractivity contribution in [3.63, 3.8) is 0 Å². The molecule has 3 nitrogen and oxygen atoms in total. The molecule has 1 aromatic carbocycles. The van der Waals surface area contributed by atoms with Crippen LogP contribution in [-0.4, -0.2) is 30.9 Å². The van der Waals surface area contributed by atoms with Crippen molar-refractivity contribution in [3.05, 3.63) is 29.3 Å². The maximum atomic E-state index is 13.0. The van der Waals surface area contributed by atoms with E-state index in [-0.39, 0.29) is 11.3 Å². The molecule has 0 saturated carbocycles. The minimum Gasteiger partial charge on any atom is -0.385 e. The van der Waals surface area contributed by atoms with Gasteiger partial charge in [-0.05, 0) is 31.5 Å². The van der Waals surface area contributed by atoms with Gasteiger partial charge in [-0.25, -0.2) is 0 Å². The molecule has 0 fully saturated rings. The molecule has 112 valence electrons. The largest absolute Gasteiger partial charge is 0.418 e. The number of nitrogens with zero attached hydrogens (tertiary/aromatic N) is 1. The summed E-state index contributed by atoms with van der Waals surface area (Å²) in [7, 11) is 1.55. The van der Waals surface area contributed by atoms with Crippen LogP contribution in [0.3, 0.4) is 0 Å². The minimum atomic E-state index is -4.49. The van der Waals surface area contributed by atoms with E-state index < -0.39 is 17.6 Å². The van der Waals surface area contributed by atoms with E-state index in [4.69, 9.17) is 0 Å². The van der Waals surface area contributed by atoms with Crippen LogP contribution in [0.2, 0.25) is 0 Å². The van der Waals surface area contributed by atoms with E-state index in [1.807, 2.05) is 6.92 Å². The second-order valence-corrected chi connectivity index (χ2v) is 4.50. The fourth-order valence-corrected chi connectivity index (χ4v) is 1.69. The van der Waals surface area contributed by atoms with Gasteiger partial charge in [0.1, 0.15) is 0 Å². The monoisotopic (exact) mass is 288 g/mol. The Bertz CT molecular complexity index is 472. The summed E-state index contributed by atoms with van der Waals surface area (Å²) in [5.74, 6) is -0.417. The summed E-state index contributed by atoms with van der Waals surface area (Å²) in [6, 6.07) is 3.64. The van der Waals surface area contributed by atoms with Gasteiger partial charge in [-0.15, -0.1) is 0 Å². The summed E-state index contributed by atoms with van der Waals surface area (Å²) in [4.78, 5) is 13.3. The number of hydrogen-bond acceptors (Lipinski definition) is 2. The zero-order valence-electron chi connectivity index (χ0n) is 11.8. The molecule has 0 aliphatic carbocycles. The number of halogens is 3. The zero-order valence-corrected chi connectivity index (χ0v) is 11.8. The van der Waals surface area contributed by atoms with E-state index in [0.29, 0.717) is 13.1 Å². The molecule has 0 saturated heterocycles. The number of amides is 1. The van der Waals surface area contributed by atoms with Gasteiger partial charge < -0.3 is 10.2 Å². The first-order chi connectivity index (χ1) is 9.31. The van der Waals surface area contributed by atoms with Gasteiger partial charge in [0.2, 0.25) is 0 Å². The Labute approximate surface area is 116 Å². The summed E-state index contributed by atoms with van der Waals surface area (Å²) in [6.45, 7) is 4.52. The number of nitrogens with one attached hydrogen (secondary N) is 1. The van der Waals surface area contributed by atoms with E-state index in [0.717, 1.165) is 12.5 Å². The van der Waals surface area contributed by atoms with Crippen molar-refractivity contribution in [2.75, 3.05) is 25.5 Å². The topological polar surface area (TPSA) is 32.3 Å². The molecule has 1 rings (SSSR count). The van der Waals surface area contributed by atoms with Crippen molar-refractivity contribution in [2.45, 2.75) is 26.4 Å². The van der Waals surface area contributed by atoms with Gasteiger partial charge >= 0.3 is 6.18 Å². The lowest BCUT2D eigenvalue weighted by Gasteiger charge is -2.18. The molecule has 1 N–H and O–H groups in total. The van der Waals surface area contributed by atoms with E-state index in [2.05, 4.69) is 5.32 Å². The molecule has 0 spiro atoms. The molecular weight excluding hydrogens is 269 g/mol. The molecule has 1 amide bonds. The van der Waals surface area contributed by atoms with Crippen LogP contribution in [0.1, 0.15) is 36.2 Å². The van der Waals surface area contributed by atoms with Crippen LogP contribution in [0.4, 0.5) is 18.9 Å². The normalized spacial score (nSPS) is 11.3. The van der Waals surface area contributed by atoms with Crippen molar-refractivity contribution in [1.82, 2.24) is 4.90 Å². The lowest BCUT2D eigenvalue weighted by atomic mass is 10.1. The van der Waals surface area contributed by atoms with Crippen molar-refractivity contribution in [3.8, 4) is 0 Å². The Hall–Kier alpha value is -1.72. The van der Waals surface area contributed by atoms with Crippen LogP contribution < -0.4 is 5.32 Å². The number of carbonyl (C=O) groups excluding carboxylic acids is 1. The molecule has 0 aromatic heterocycles. The standard InChI is InChI=1S/C14H19F3N2O/c1-4-8-18-12-7-6-10(13(20)19(3)5-2)9-11(12)14(15,16)17/h6-7,9,18H,4-5,8H2,1-3H3. The summed E-state index contributed by atoms with van der Waals surface area (Å²) in [5.41, 5.74) is -0.750. The predicted molar refractivity (Wildman–Crippen MR) is 72.9 cm³/mol. The average molecular weight is 288 g/mol. The molecule has 0 unspecified atom stereocenters. The second-order valence-electron chi connectivity index (χ2n) is 4.50. The van der Waals surface area contributed by atoms with Crippen LogP contribution in [0.25, 0.3) is 0 Å². The fourth-order valence-electron chi connectivity index (χ4n) is 1.69. The lowest BCUT2D eigenvalue weighted by Crippen LogP contribution is -2.26. The third-order valence-electron chi connectivity index (χ3n) is 2.96. The van der Waals surface area contributed by atoms with Gasteiger partial charge in [0.25, 0.3) is 5.91 Å². The van der Waals surface area contributed by atoms with Gasteiger partial charge in [-0.1, -0.05) is 6.92 Å². The molecule has 0 atom stereocenters. The van der Waals surface area contributed by atoms with Crippen LogP contribution >= 0.6 is 0 Å². The molecule has 20 heavy (non-hydrogen) atoms. The fraction of sp³-hybridized carbons (Fsp3) is 0.500. The van der Waals surface area contributed by atoms with Gasteiger partial charge in [-0.2, -0.15) is 13.2 Å². The molecule has 0 radical (unpaired) electrons.